The Balaban J connectivity index is 1.55. The standard InChI is InChI=1S/C23H18Cl2F3N9O/c1-35-11-15(22(25)32-35)14-9-31-36(10-14)18(6-7-38-23(27)28)17-4-2-13(8-29-17)20-19(37-12-30-33-34-37)5-3-16(24)21(20)26/h2-5,8-12,18,23H,6-7H2,1H3/p+1/t18-/m0/s1/i7D2. The molecule has 4 aromatic heterocycles. The molecule has 1 aromatic carbocycles. The molecular formula is C23H19Cl2F3N9O+. The number of pyridine rings is 1. The molecule has 0 fully saturated rings. The molecule has 15 heteroatoms. The molecule has 5 rings (SSSR count). The van der Waals surface area contributed by atoms with Crippen molar-refractivity contribution in [1.29, 1.82) is 0 Å². The normalized spacial score (nSPS) is 13.6. The van der Waals surface area contributed by atoms with Gasteiger partial charge in [-0.25, -0.2) is 4.39 Å². The van der Waals surface area contributed by atoms with E-state index in [2.05, 4.69) is 35.4 Å². The van der Waals surface area contributed by atoms with Gasteiger partial charge in [-0.2, -0.15) is 19.0 Å². The van der Waals surface area contributed by atoms with Crippen LogP contribution in [0.4, 0.5) is 13.2 Å². The molecule has 0 saturated carbocycles. The van der Waals surface area contributed by atoms with Crippen LogP contribution in [0, 0.1) is 5.82 Å². The number of halogens is 5. The lowest BCUT2D eigenvalue weighted by molar-refractivity contribution is -0.659. The second-order valence-electron chi connectivity index (χ2n) is 7.99. The number of H-pyrrole nitrogens is 1. The molecule has 38 heavy (non-hydrogen) atoms. The van der Waals surface area contributed by atoms with E-state index >= 15 is 4.39 Å². The van der Waals surface area contributed by atoms with Crippen molar-refractivity contribution in [3.05, 3.63) is 77.1 Å². The Labute approximate surface area is 226 Å². The first kappa shape index (κ1) is 23.3. The molecule has 0 aliphatic heterocycles. The summed E-state index contributed by atoms with van der Waals surface area (Å²) in [7, 11) is 1.69. The van der Waals surface area contributed by atoms with Gasteiger partial charge in [0.2, 0.25) is 0 Å². The highest BCUT2D eigenvalue weighted by Gasteiger charge is 2.22. The fourth-order valence-corrected chi connectivity index (χ4v) is 4.32. The van der Waals surface area contributed by atoms with E-state index in [0.29, 0.717) is 22.4 Å². The molecule has 0 amide bonds. The summed E-state index contributed by atoms with van der Waals surface area (Å²) in [6, 6.07) is 5.02. The van der Waals surface area contributed by atoms with Crippen molar-refractivity contribution in [2.75, 3.05) is 6.56 Å². The van der Waals surface area contributed by atoms with Gasteiger partial charge >= 0.3 is 6.61 Å². The third kappa shape index (κ3) is 5.26. The molecule has 196 valence electrons. The number of benzene rings is 1. The number of aromatic amines is 1. The van der Waals surface area contributed by atoms with E-state index in [1.807, 2.05) is 0 Å². The Kier molecular flexibility index (Phi) is 6.68. The smallest absolute Gasteiger partial charge is 0.323 e. The largest absolute Gasteiger partial charge is 0.345 e. The number of aryl methyl sites for hydroxylation is 1. The summed E-state index contributed by atoms with van der Waals surface area (Å²) in [4.78, 5) is 4.42. The van der Waals surface area contributed by atoms with Crippen LogP contribution in [-0.4, -0.2) is 53.2 Å². The van der Waals surface area contributed by atoms with Gasteiger partial charge in [0.1, 0.15) is 10.8 Å². The number of hydrogen-bond acceptors (Lipinski definition) is 6. The monoisotopic (exact) mass is 566 g/mol. The van der Waals surface area contributed by atoms with E-state index in [-0.39, 0.29) is 21.4 Å². The molecule has 0 spiro atoms. The molecule has 0 saturated heterocycles. The molecule has 1 N–H and O–H groups in total. The van der Waals surface area contributed by atoms with Gasteiger partial charge < -0.3 is 4.74 Å². The van der Waals surface area contributed by atoms with Crippen LogP contribution in [0.2, 0.25) is 10.2 Å². The van der Waals surface area contributed by atoms with Gasteiger partial charge in [0.25, 0.3) is 6.33 Å². The zero-order valence-corrected chi connectivity index (χ0v) is 20.9. The van der Waals surface area contributed by atoms with Crippen molar-refractivity contribution in [1.82, 2.24) is 40.1 Å². The molecule has 0 aliphatic carbocycles. The topological polar surface area (TPSA) is 103 Å². The van der Waals surface area contributed by atoms with Crippen molar-refractivity contribution in [3.63, 3.8) is 0 Å². The number of alkyl halides is 2. The molecule has 0 aliphatic rings. The van der Waals surface area contributed by atoms with E-state index in [9.17, 15) is 8.78 Å². The number of rotatable bonds is 9. The molecule has 0 unspecified atom stereocenters. The molecule has 0 radical (unpaired) electrons. The minimum Gasteiger partial charge on any atom is -0.323 e. The molecule has 5 aromatic rings. The quantitative estimate of drug-likeness (QED) is 0.265. The predicted octanol–water partition coefficient (Wildman–Crippen LogP) is 4.41. The van der Waals surface area contributed by atoms with Crippen molar-refractivity contribution in [3.8, 4) is 27.9 Å². The van der Waals surface area contributed by atoms with Gasteiger partial charge in [0.15, 0.2) is 16.2 Å². The van der Waals surface area contributed by atoms with E-state index in [1.165, 1.54) is 44.9 Å². The molecule has 0 bridgehead atoms. The highest BCUT2D eigenvalue weighted by atomic mass is 35.5. The maximum atomic E-state index is 15.2. The van der Waals surface area contributed by atoms with Crippen molar-refractivity contribution in [2.45, 2.75) is 19.1 Å². The van der Waals surface area contributed by atoms with Gasteiger partial charge in [0.05, 0.1) is 37.8 Å². The molecule has 1 atom stereocenters. The number of hydrogen-bond donors (Lipinski definition) is 1. The van der Waals surface area contributed by atoms with Crippen LogP contribution in [-0.2, 0) is 11.8 Å². The third-order valence-corrected chi connectivity index (χ3v) is 6.16. The minimum absolute atomic E-state index is 0.100. The lowest BCUT2D eigenvalue weighted by atomic mass is 10.0. The Bertz CT molecular complexity index is 1630. The van der Waals surface area contributed by atoms with E-state index in [1.54, 1.807) is 31.6 Å². The van der Waals surface area contributed by atoms with E-state index in [0.717, 1.165) is 0 Å². The van der Waals surface area contributed by atoms with Gasteiger partial charge in [-0.15, -0.1) is 4.68 Å². The van der Waals surface area contributed by atoms with Crippen LogP contribution in [0.3, 0.4) is 0 Å². The summed E-state index contributed by atoms with van der Waals surface area (Å²) in [5, 5.41) is 18.4. The first-order chi connectivity index (χ1) is 19.0. The summed E-state index contributed by atoms with van der Waals surface area (Å²) in [6.07, 6.45) is 6.86. The number of tetrazole rings is 1. The Hall–Kier alpha value is -3.81. The minimum atomic E-state index is -3.34. The van der Waals surface area contributed by atoms with Gasteiger partial charge in [0, 0.05) is 42.3 Å². The molecule has 10 nitrogen and oxygen atoms in total. The number of nitrogens with one attached hydrogen (secondary N) is 1. The highest BCUT2D eigenvalue weighted by molar-refractivity contribution is 6.32. The van der Waals surface area contributed by atoms with Gasteiger partial charge in [-0.05, 0) is 24.6 Å². The highest BCUT2D eigenvalue weighted by Crippen LogP contribution is 2.33. The maximum Gasteiger partial charge on any atom is 0.345 e. The number of aromatic nitrogens is 9. The van der Waals surface area contributed by atoms with Gasteiger partial charge in [-0.1, -0.05) is 34.5 Å². The summed E-state index contributed by atoms with van der Waals surface area (Å²) in [5.41, 5.74) is 2.16. The first-order valence-corrected chi connectivity index (χ1v) is 11.7. The van der Waals surface area contributed by atoms with Crippen LogP contribution in [0.25, 0.3) is 27.9 Å². The zero-order chi connectivity index (χ0) is 28.6. The number of ether oxygens (including phenoxy) is 1. The lowest BCUT2D eigenvalue weighted by Crippen LogP contribution is -2.33. The second-order valence-corrected chi connectivity index (χ2v) is 8.75. The Morgan fingerprint density at radius 2 is 2.00 bits per heavy atom. The maximum absolute atomic E-state index is 15.2. The predicted molar refractivity (Wildman–Crippen MR) is 130 cm³/mol. The average molecular weight is 567 g/mol. The SMILES string of the molecule is [2H]C([2H])(C[C@@H](c1ccc(-c2c(-[n+]3cnn[nH]3)ccc(Cl)c2F)cn1)n1cc(-c2cn(C)nc2Cl)cn1)OC(F)F. The number of nitrogens with zero attached hydrogens (tertiary/aromatic N) is 8. The van der Waals surface area contributed by atoms with Crippen LogP contribution in [0.1, 0.15) is 20.9 Å². The Morgan fingerprint density at radius 1 is 1.16 bits per heavy atom. The summed E-state index contributed by atoms with van der Waals surface area (Å²) in [6.45, 7) is -6.08. The average Bonchev–Trinajstić information content (AvgIpc) is 3.65. The van der Waals surface area contributed by atoms with Crippen molar-refractivity contribution >= 4 is 23.2 Å². The fraction of sp³-hybridized carbons (Fsp3) is 0.217. The summed E-state index contributed by atoms with van der Waals surface area (Å²) < 4.78 is 65.6. The molecule has 4 heterocycles. The van der Waals surface area contributed by atoms with Crippen molar-refractivity contribution in [2.24, 2.45) is 7.05 Å². The van der Waals surface area contributed by atoms with Crippen LogP contribution < -0.4 is 4.68 Å². The second kappa shape index (κ2) is 10.9. The zero-order valence-electron chi connectivity index (χ0n) is 21.4. The van der Waals surface area contributed by atoms with Crippen LogP contribution in [0.5, 0.6) is 0 Å². The summed E-state index contributed by atoms with van der Waals surface area (Å²) >= 11 is 12.3. The van der Waals surface area contributed by atoms with E-state index < -0.39 is 31.5 Å². The molecular weight excluding hydrogens is 546 g/mol. The van der Waals surface area contributed by atoms with Crippen molar-refractivity contribution < 1.29 is 25.3 Å². The van der Waals surface area contributed by atoms with Crippen LogP contribution >= 0.6 is 23.2 Å². The summed E-state index contributed by atoms with van der Waals surface area (Å²) in [5.74, 6) is -0.709. The van der Waals surface area contributed by atoms with Crippen LogP contribution in [0.15, 0.2) is 55.4 Å². The lowest BCUT2D eigenvalue weighted by Gasteiger charge is -2.18. The fourth-order valence-electron chi connectivity index (χ4n) is 3.89. The third-order valence-electron chi connectivity index (χ3n) is 5.59. The van der Waals surface area contributed by atoms with E-state index in [4.69, 9.17) is 25.9 Å². The Morgan fingerprint density at radius 3 is 2.66 bits per heavy atom. The first-order valence-electron chi connectivity index (χ1n) is 11.9. The van der Waals surface area contributed by atoms with Gasteiger partial charge in [-0.3, -0.25) is 14.3 Å².